The fourth-order valence-electron chi connectivity index (χ4n) is 1.79. The summed E-state index contributed by atoms with van der Waals surface area (Å²) in [5.74, 6) is 1.26. The molecule has 0 aliphatic heterocycles. The van der Waals surface area contributed by atoms with Crippen LogP contribution in [-0.4, -0.2) is 31.5 Å². The smallest absolute Gasteiger partial charge is 0.161 e. The first-order chi connectivity index (χ1) is 10.2. The van der Waals surface area contributed by atoms with Gasteiger partial charge < -0.3 is 19.9 Å². The highest BCUT2D eigenvalue weighted by Crippen LogP contribution is 2.25. The number of anilines is 1. The third-order valence-electron chi connectivity index (χ3n) is 2.89. The highest BCUT2D eigenvalue weighted by Gasteiger charge is 2.08. The first-order valence-electron chi connectivity index (χ1n) is 6.62. The lowest BCUT2D eigenvalue weighted by Crippen LogP contribution is -2.26. The van der Waals surface area contributed by atoms with Crippen LogP contribution in [0.3, 0.4) is 0 Å². The van der Waals surface area contributed by atoms with Crippen LogP contribution in [0.25, 0.3) is 0 Å². The Hall–Kier alpha value is -1.91. The van der Waals surface area contributed by atoms with E-state index in [2.05, 4.69) is 5.32 Å². The van der Waals surface area contributed by atoms with Crippen LogP contribution < -0.4 is 14.8 Å². The monoisotopic (exact) mass is 307 g/mol. The summed E-state index contributed by atoms with van der Waals surface area (Å²) in [5, 5.41) is 13.7. The summed E-state index contributed by atoms with van der Waals surface area (Å²) in [6, 6.07) is 14.6. The van der Waals surface area contributed by atoms with Gasteiger partial charge in [0.25, 0.3) is 0 Å². The van der Waals surface area contributed by atoms with E-state index < -0.39 is 6.10 Å². The van der Waals surface area contributed by atoms with Crippen molar-refractivity contribution in [1.29, 1.82) is 0 Å². The molecule has 0 amide bonds. The normalized spacial score (nSPS) is 11.8. The van der Waals surface area contributed by atoms with Crippen molar-refractivity contribution in [2.45, 2.75) is 6.10 Å². The average Bonchev–Trinajstić information content (AvgIpc) is 2.52. The topological polar surface area (TPSA) is 50.7 Å². The molecule has 2 rings (SSSR count). The van der Waals surface area contributed by atoms with E-state index in [9.17, 15) is 5.11 Å². The molecule has 1 unspecified atom stereocenters. The molecule has 0 bridgehead atoms. The minimum Gasteiger partial charge on any atom is -0.493 e. The molecule has 2 aromatic carbocycles. The third-order valence-corrected chi connectivity index (χ3v) is 3.14. The summed E-state index contributed by atoms with van der Waals surface area (Å²) in [5.41, 5.74) is 0.899. The van der Waals surface area contributed by atoms with Crippen molar-refractivity contribution in [3.63, 3.8) is 0 Å². The molecule has 0 aliphatic carbocycles. The van der Waals surface area contributed by atoms with Gasteiger partial charge in [-0.2, -0.15) is 0 Å². The number of nitrogens with one attached hydrogen (secondary N) is 1. The van der Waals surface area contributed by atoms with Gasteiger partial charge in [0.1, 0.15) is 12.7 Å². The van der Waals surface area contributed by atoms with Gasteiger partial charge in [-0.05, 0) is 36.4 Å². The summed E-state index contributed by atoms with van der Waals surface area (Å²) in [6.45, 7) is 0.567. The Kier molecular flexibility index (Phi) is 5.72. The lowest BCUT2D eigenvalue weighted by molar-refractivity contribution is 0.115. The fraction of sp³-hybridized carbons (Fsp3) is 0.250. The number of benzene rings is 2. The molecule has 1 atom stereocenters. The van der Waals surface area contributed by atoms with Gasteiger partial charge in [-0.25, -0.2) is 0 Å². The van der Waals surface area contributed by atoms with Crippen LogP contribution in [0.5, 0.6) is 11.5 Å². The first kappa shape index (κ1) is 15.5. The number of hydrogen-bond acceptors (Lipinski definition) is 4. The van der Waals surface area contributed by atoms with E-state index in [1.54, 1.807) is 25.3 Å². The Labute approximate surface area is 129 Å². The third kappa shape index (κ3) is 4.85. The predicted molar refractivity (Wildman–Crippen MR) is 84.4 cm³/mol. The van der Waals surface area contributed by atoms with Gasteiger partial charge in [0.2, 0.25) is 0 Å². The number of hydrogen-bond donors (Lipinski definition) is 2. The Morgan fingerprint density at radius 1 is 1.10 bits per heavy atom. The van der Waals surface area contributed by atoms with Crippen LogP contribution >= 0.6 is 11.6 Å². The molecule has 5 heteroatoms. The van der Waals surface area contributed by atoms with Crippen molar-refractivity contribution in [1.82, 2.24) is 0 Å². The summed E-state index contributed by atoms with van der Waals surface area (Å²) >= 11 is 5.81. The minimum absolute atomic E-state index is 0.182. The fourth-order valence-corrected chi connectivity index (χ4v) is 1.91. The number of methoxy groups -OCH3 is 1. The summed E-state index contributed by atoms with van der Waals surface area (Å²) in [4.78, 5) is 0. The average molecular weight is 308 g/mol. The molecule has 0 spiro atoms. The summed E-state index contributed by atoms with van der Waals surface area (Å²) in [7, 11) is 1.58. The van der Waals surface area contributed by atoms with Gasteiger partial charge >= 0.3 is 0 Å². The van der Waals surface area contributed by atoms with Crippen LogP contribution in [-0.2, 0) is 0 Å². The van der Waals surface area contributed by atoms with Crippen molar-refractivity contribution in [2.24, 2.45) is 0 Å². The molecule has 0 aromatic heterocycles. The molecule has 21 heavy (non-hydrogen) atoms. The van der Waals surface area contributed by atoms with Gasteiger partial charge in [-0.1, -0.05) is 23.7 Å². The van der Waals surface area contributed by atoms with Crippen LogP contribution in [0.2, 0.25) is 5.02 Å². The molecule has 0 heterocycles. The lowest BCUT2D eigenvalue weighted by Gasteiger charge is -2.15. The van der Waals surface area contributed by atoms with Crippen LogP contribution in [0.1, 0.15) is 0 Å². The number of rotatable bonds is 7. The van der Waals surface area contributed by atoms with Crippen LogP contribution in [0, 0.1) is 0 Å². The standard InChI is InChI=1S/C16H18ClNO3/c1-20-15-4-2-3-5-16(15)21-11-14(19)10-18-13-8-6-12(17)7-9-13/h2-9,14,18-19H,10-11H2,1H3. The number of para-hydroxylation sites is 2. The van der Waals surface area contributed by atoms with E-state index in [0.29, 0.717) is 23.1 Å². The quantitative estimate of drug-likeness (QED) is 0.825. The number of aliphatic hydroxyl groups is 1. The number of halogens is 1. The van der Waals surface area contributed by atoms with Gasteiger partial charge in [0.15, 0.2) is 11.5 Å². The van der Waals surface area contributed by atoms with Crippen molar-refractivity contribution in [2.75, 3.05) is 25.6 Å². The van der Waals surface area contributed by atoms with E-state index in [-0.39, 0.29) is 6.61 Å². The van der Waals surface area contributed by atoms with Crippen molar-refractivity contribution in [3.8, 4) is 11.5 Å². The second-order valence-electron chi connectivity index (χ2n) is 4.50. The molecular weight excluding hydrogens is 290 g/mol. The highest BCUT2D eigenvalue weighted by atomic mass is 35.5. The zero-order valence-corrected chi connectivity index (χ0v) is 12.5. The first-order valence-corrected chi connectivity index (χ1v) is 7.00. The molecular formula is C16H18ClNO3. The molecule has 2 N–H and O–H groups in total. The second kappa shape index (κ2) is 7.76. The van der Waals surface area contributed by atoms with Gasteiger partial charge in [0, 0.05) is 17.3 Å². The minimum atomic E-state index is -0.634. The van der Waals surface area contributed by atoms with Gasteiger partial charge in [0.05, 0.1) is 7.11 Å². The predicted octanol–water partition coefficient (Wildman–Crippen LogP) is 3.20. The van der Waals surface area contributed by atoms with E-state index >= 15 is 0 Å². The lowest BCUT2D eigenvalue weighted by atomic mass is 10.3. The zero-order chi connectivity index (χ0) is 15.1. The second-order valence-corrected chi connectivity index (χ2v) is 4.94. The van der Waals surface area contributed by atoms with Crippen LogP contribution in [0.15, 0.2) is 48.5 Å². The van der Waals surface area contributed by atoms with Crippen molar-refractivity contribution < 1.29 is 14.6 Å². The molecule has 0 saturated carbocycles. The largest absolute Gasteiger partial charge is 0.493 e. The molecule has 112 valence electrons. The highest BCUT2D eigenvalue weighted by molar-refractivity contribution is 6.30. The molecule has 0 saturated heterocycles. The van der Waals surface area contributed by atoms with Crippen molar-refractivity contribution in [3.05, 3.63) is 53.6 Å². The molecule has 0 fully saturated rings. The molecule has 4 nitrogen and oxygen atoms in total. The van der Waals surface area contributed by atoms with Gasteiger partial charge in [-0.15, -0.1) is 0 Å². The Morgan fingerprint density at radius 2 is 1.76 bits per heavy atom. The van der Waals surface area contributed by atoms with Crippen molar-refractivity contribution >= 4 is 17.3 Å². The summed E-state index contributed by atoms with van der Waals surface area (Å²) < 4.78 is 10.7. The van der Waals surface area contributed by atoms with Gasteiger partial charge in [-0.3, -0.25) is 0 Å². The summed E-state index contributed by atoms with van der Waals surface area (Å²) in [6.07, 6.45) is -0.634. The molecule has 2 aromatic rings. The SMILES string of the molecule is COc1ccccc1OCC(O)CNc1ccc(Cl)cc1. The Bertz CT molecular complexity index is 560. The van der Waals surface area contributed by atoms with E-state index in [4.69, 9.17) is 21.1 Å². The molecule has 0 radical (unpaired) electrons. The van der Waals surface area contributed by atoms with Crippen LogP contribution in [0.4, 0.5) is 5.69 Å². The maximum Gasteiger partial charge on any atom is 0.161 e. The maximum atomic E-state index is 9.94. The van der Waals surface area contributed by atoms with E-state index in [1.807, 2.05) is 30.3 Å². The maximum absolute atomic E-state index is 9.94. The molecule has 0 aliphatic rings. The Morgan fingerprint density at radius 3 is 2.43 bits per heavy atom. The number of aliphatic hydroxyl groups excluding tert-OH is 1. The number of ether oxygens (including phenoxy) is 2. The Balaban J connectivity index is 1.79. The van der Waals surface area contributed by atoms with E-state index in [0.717, 1.165) is 5.69 Å². The van der Waals surface area contributed by atoms with E-state index in [1.165, 1.54) is 0 Å². The zero-order valence-electron chi connectivity index (χ0n) is 11.8.